The van der Waals surface area contributed by atoms with Crippen LogP contribution in [0.2, 0.25) is 0 Å². The number of hydrogen-bond donors (Lipinski definition) is 1. The summed E-state index contributed by atoms with van der Waals surface area (Å²) in [6, 6.07) is 16.6. The van der Waals surface area contributed by atoms with Crippen molar-refractivity contribution in [3.8, 4) is 11.8 Å². The first-order valence-electron chi connectivity index (χ1n) is 9.38. The van der Waals surface area contributed by atoms with Crippen molar-refractivity contribution < 1.29 is 19.1 Å². The van der Waals surface area contributed by atoms with Gasteiger partial charge in [0, 0.05) is 17.7 Å². The second-order valence-electron chi connectivity index (χ2n) is 6.67. The van der Waals surface area contributed by atoms with E-state index >= 15 is 0 Å². The highest BCUT2D eigenvalue weighted by atomic mass is 16.5. The Kier molecular flexibility index (Phi) is 6.30. The molecule has 0 aliphatic heterocycles. The molecule has 0 saturated heterocycles. The van der Waals surface area contributed by atoms with E-state index in [-0.39, 0.29) is 12.4 Å². The monoisotopic (exact) mass is 390 g/mol. The van der Waals surface area contributed by atoms with Crippen LogP contribution in [-0.4, -0.2) is 25.5 Å². The molecule has 2 aromatic rings. The molecule has 2 unspecified atom stereocenters. The molecular formula is C23H22N2O4. The molecule has 3 rings (SSSR count). The summed E-state index contributed by atoms with van der Waals surface area (Å²) >= 11 is 0. The van der Waals surface area contributed by atoms with Gasteiger partial charge in [0.1, 0.15) is 17.7 Å². The Labute approximate surface area is 169 Å². The zero-order valence-electron chi connectivity index (χ0n) is 16.3. The van der Waals surface area contributed by atoms with E-state index in [9.17, 15) is 14.9 Å². The second kappa shape index (κ2) is 9.07. The van der Waals surface area contributed by atoms with Crippen molar-refractivity contribution in [2.75, 3.05) is 19.0 Å². The van der Waals surface area contributed by atoms with Crippen LogP contribution in [-0.2, 0) is 14.3 Å². The number of nitrogens with one attached hydrogen (secondary N) is 1. The number of benzene rings is 2. The third-order valence-corrected chi connectivity index (χ3v) is 4.87. The maximum absolute atomic E-state index is 12.9. The quantitative estimate of drug-likeness (QED) is 0.596. The summed E-state index contributed by atoms with van der Waals surface area (Å²) < 4.78 is 10.5. The number of rotatable bonds is 6. The molecule has 0 heterocycles. The van der Waals surface area contributed by atoms with Gasteiger partial charge in [0.05, 0.1) is 25.0 Å². The number of carbonyl (C=O) groups excluding carboxylic acids is 2. The van der Waals surface area contributed by atoms with Gasteiger partial charge in [0.15, 0.2) is 5.78 Å². The Morgan fingerprint density at radius 1 is 1.24 bits per heavy atom. The summed E-state index contributed by atoms with van der Waals surface area (Å²) in [5.74, 6) is -1.52. The fraction of sp³-hybridized carbons (Fsp3) is 0.261. The number of para-hydroxylation sites is 1. The summed E-state index contributed by atoms with van der Waals surface area (Å²) in [4.78, 5) is 25.4. The fourth-order valence-electron chi connectivity index (χ4n) is 3.52. The van der Waals surface area contributed by atoms with Gasteiger partial charge in [-0.1, -0.05) is 24.3 Å². The summed E-state index contributed by atoms with van der Waals surface area (Å²) in [6.07, 6.45) is 1.86. The highest BCUT2D eigenvalue weighted by Gasteiger charge is 2.39. The van der Waals surface area contributed by atoms with Crippen LogP contribution in [0.3, 0.4) is 0 Å². The van der Waals surface area contributed by atoms with Gasteiger partial charge in [-0.3, -0.25) is 9.59 Å². The van der Waals surface area contributed by atoms with Crippen LogP contribution in [0.5, 0.6) is 5.75 Å². The second-order valence-corrected chi connectivity index (χ2v) is 6.67. The van der Waals surface area contributed by atoms with Crippen molar-refractivity contribution in [3.63, 3.8) is 0 Å². The molecule has 1 N–H and O–H groups in total. The largest absolute Gasteiger partial charge is 0.497 e. The SMILES string of the molecule is CCOC(=O)C1C(=O)C=C(Nc2ccccc2C#N)CC1c1cccc(OC)c1. The van der Waals surface area contributed by atoms with Gasteiger partial charge in [0.25, 0.3) is 0 Å². The number of esters is 1. The summed E-state index contributed by atoms with van der Waals surface area (Å²) in [5, 5.41) is 12.5. The van der Waals surface area contributed by atoms with Crippen LogP contribution in [0.15, 0.2) is 60.3 Å². The molecule has 0 fully saturated rings. The Bertz CT molecular complexity index is 990. The lowest BCUT2D eigenvalue weighted by Gasteiger charge is -2.30. The third kappa shape index (κ3) is 4.46. The van der Waals surface area contributed by atoms with Gasteiger partial charge in [0.2, 0.25) is 0 Å². The Balaban J connectivity index is 1.97. The van der Waals surface area contributed by atoms with Crippen molar-refractivity contribution in [2.45, 2.75) is 19.3 Å². The smallest absolute Gasteiger partial charge is 0.317 e. The molecule has 2 aromatic carbocycles. The van der Waals surface area contributed by atoms with Gasteiger partial charge in [-0.2, -0.15) is 5.26 Å². The van der Waals surface area contributed by atoms with Crippen LogP contribution in [0.25, 0.3) is 0 Å². The molecular weight excluding hydrogens is 368 g/mol. The lowest BCUT2D eigenvalue weighted by Crippen LogP contribution is -2.35. The molecule has 6 heteroatoms. The van der Waals surface area contributed by atoms with Crippen LogP contribution < -0.4 is 10.1 Å². The first kappa shape index (κ1) is 20.2. The number of allylic oxidation sites excluding steroid dienone is 2. The lowest BCUT2D eigenvalue weighted by atomic mass is 9.76. The van der Waals surface area contributed by atoms with Crippen LogP contribution in [0.1, 0.15) is 30.4 Å². The maximum Gasteiger partial charge on any atom is 0.317 e. The van der Waals surface area contributed by atoms with E-state index in [4.69, 9.17) is 9.47 Å². The minimum absolute atomic E-state index is 0.206. The minimum Gasteiger partial charge on any atom is -0.497 e. The highest BCUT2D eigenvalue weighted by Crippen LogP contribution is 2.38. The third-order valence-electron chi connectivity index (χ3n) is 4.87. The number of nitrogens with zero attached hydrogens (tertiary/aromatic N) is 1. The van der Waals surface area contributed by atoms with Gasteiger partial charge in [-0.25, -0.2) is 0 Å². The molecule has 0 amide bonds. The zero-order chi connectivity index (χ0) is 20.8. The highest BCUT2D eigenvalue weighted by molar-refractivity contribution is 6.07. The molecule has 1 aliphatic carbocycles. The van der Waals surface area contributed by atoms with Gasteiger partial charge in [-0.05, 0) is 43.2 Å². The Morgan fingerprint density at radius 3 is 2.76 bits per heavy atom. The average molecular weight is 390 g/mol. The standard InChI is InChI=1S/C23H22N2O4/c1-3-29-23(27)22-19(15-8-6-9-18(11-15)28-2)12-17(13-21(22)26)25-20-10-5-4-7-16(20)14-24/h4-11,13,19,22,25H,3,12H2,1-2H3. The molecule has 29 heavy (non-hydrogen) atoms. The van der Waals surface area contributed by atoms with Crippen LogP contribution >= 0.6 is 0 Å². The summed E-state index contributed by atoms with van der Waals surface area (Å²) in [6.45, 7) is 1.92. The average Bonchev–Trinajstić information content (AvgIpc) is 2.74. The molecule has 1 aliphatic rings. The van der Waals surface area contributed by atoms with Gasteiger partial charge in [-0.15, -0.1) is 0 Å². The van der Waals surface area contributed by atoms with Crippen LogP contribution in [0.4, 0.5) is 5.69 Å². The Morgan fingerprint density at radius 2 is 2.03 bits per heavy atom. The number of carbonyl (C=O) groups is 2. The van der Waals surface area contributed by atoms with E-state index in [0.29, 0.717) is 29.1 Å². The number of methoxy groups -OCH3 is 1. The van der Waals surface area contributed by atoms with E-state index in [1.54, 1.807) is 32.2 Å². The van der Waals surface area contributed by atoms with Gasteiger partial charge >= 0.3 is 5.97 Å². The molecule has 0 spiro atoms. The minimum atomic E-state index is -0.918. The molecule has 0 bridgehead atoms. The summed E-state index contributed by atoms with van der Waals surface area (Å²) in [7, 11) is 1.57. The van der Waals surface area contributed by atoms with Gasteiger partial charge < -0.3 is 14.8 Å². The molecule has 0 aromatic heterocycles. The molecule has 0 radical (unpaired) electrons. The molecule has 148 valence electrons. The number of ether oxygens (including phenoxy) is 2. The van der Waals surface area contributed by atoms with Crippen molar-refractivity contribution >= 4 is 17.4 Å². The van der Waals surface area contributed by atoms with E-state index < -0.39 is 17.8 Å². The lowest BCUT2D eigenvalue weighted by molar-refractivity contribution is -0.151. The summed E-state index contributed by atoms with van der Waals surface area (Å²) in [5.41, 5.74) is 2.56. The Hall–Kier alpha value is -3.59. The van der Waals surface area contributed by atoms with Crippen LogP contribution in [0, 0.1) is 17.2 Å². The molecule has 0 saturated carbocycles. The predicted octanol–water partition coefficient (Wildman–Crippen LogP) is 3.80. The molecule has 6 nitrogen and oxygen atoms in total. The van der Waals surface area contributed by atoms with Crippen molar-refractivity contribution in [1.82, 2.24) is 0 Å². The normalized spacial score (nSPS) is 18.4. The maximum atomic E-state index is 12.9. The van der Waals surface area contributed by atoms with E-state index in [1.165, 1.54) is 6.08 Å². The molecule has 2 atom stereocenters. The fourth-order valence-corrected chi connectivity index (χ4v) is 3.52. The number of anilines is 1. The van der Waals surface area contributed by atoms with E-state index in [1.807, 2.05) is 30.3 Å². The topological polar surface area (TPSA) is 88.4 Å². The van der Waals surface area contributed by atoms with E-state index in [2.05, 4.69) is 11.4 Å². The van der Waals surface area contributed by atoms with Crippen molar-refractivity contribution in [3.05, 3.63) is 71.4 Å². The van der Waals surface area contributed by atoms with E-state index in [0.717, 1.165) is 5.56 Å². The first-order valence-corrected chi connectivity index (χ1v) is 9.38. The van der Waals surface area contributed by atoms with Crippen molar-refractivity contribution in [1.29, 1.82) is 5.26 Å². The zero-order valence-corrected chi connectivity index (χ0v) is 16.3. The number of hydrogen-bond acceptors (Lipinski definition) is 6. The van der Waals surface area contributed by atoms with Crippen molar-refractivity contribution in [2.24, 2.45) is 5.92 Å². The predicted molar refractivity (Wildman–Crippen MR) is 108 cm³/mol. The number of nitriles is 1. The number of ketones is 1. The first-order chi connectivity index (χ1) is 14.1.